The minimum atomic E-state index is -4.45. The number of halogens is 6. The molecule has 1 N–H and O–H groups in total. The Bertz CT molecular complexity index is 1210. The molecule has 0 saturated carbocycles. The third-order valence-electron chi connectivity index (χ3n) is 4.99. The highest BCUT2D eigenvalue weighted by molar-refractivity contribution is 5.64. The summed E-state index contributed by atoms with van der Waals surface area (Å²) in [5.41, 5.74) is 1.32. The summed E-state index contributed by atoms with van der Waals surface area (Å²) in [6.45, 7) is 0.203. The second-order valence-corrected chi connectivity index (χ2v) is 7.29. The van der Waals surface area contributed by atoms with E-state index in [1.165, 1.54) is 24.3 Å². The molecule has 0 aliphatic carbocycles. The highest BCUT2D eigenvalue weighted by Crippen LogP contribution is 2.32. The molecule has 4 aromatic rings. The van der Waals surface area contributed by atoms with Gasteiger partial charge in [-0.05, 0) is 48.5 Å². The van der Waals surface area contributed by atoms with Crippen LogP contribution in [-0.2, 0) is 18.9 Å². The van der Waals surface area contributed by atoms with Crippen LogP contribution in [0.3, 0.4) is 0 Å². The van der Waals surface area contributed by atoms with Gasteiger partial charge in [0.15, 0.2) is 0 Å². The molecular formula is C24H17F6N3. The lowest BCUT2D eigenvalue weighted by molar-refractivity contribution is -0.138. The van der Waals surface area contributed by atoms with Crippen molar-refractivity contribution in [3.8, 4) is 16.9 Å². The largest absolute Gasteiger partial charge is 0.416 e. The Balaban J connectivity index is 1.64. The molecule has 0 atom stereocenters. The van der Waals surface area contributed by atoms with E-state index >= 15 is 0 Å². The van der Waals surface area contributed by atoms with Gasteiger partial charge in [0, 0.05) is 29.6 Å². The van der Waals surface area contributed by atoms with E-state index in [1.807, 2.05) is 30.3 Å². The van der Waals surface area contributed by atoms with Crippen molar-refractivity contribution in [3.63, 3.8) is 0 Å². The predicted molar refractivity (Wildman–Crippen MR) is 113 cm³/mol. The molecule has 4 rings (SSSR count). The van der Waals surface area contributed by atoms with Gasteiger partial charge in [0.25, 0.3) is 0 Å². The number of rotatable bonds is 5. The van der Waals surface area contributed by atoms with Crippen molar-refractivity contribution < 1.29 is 26.3 Å². The molecule has 0 radical (unpaired) electrons. The molecule has 0 fully saturated rings. The Labute approximate surface area is 185 Å². The zero-order chi connectivity index (χ0) is 23.6. The fourth-order valence-electron chi connectivity index (χ4n) is 3.29. The maximum absolute atomic E-state index is 12.9. The molecule has 0 spiro atoms. The smallest absolute Gasteiger partial charge is 0.381 e. The van der Waals surface area contributed by atoms with Crippen molar-refractivity contribution in [1.29, 1.82) is 0 Å². The highest BCUT2D eigenvalue weighted by atomic mass is 19.4. The minimum absolute atomic E-state index is 0.203. The van der Waals surface area contributed by atoms with Gasteiger partial charge in [-0.2, -0.15) is 31.4 Å². The number of nitrogens with one attached hydrogen (secondary N) is 1. The van der Waals surface area contributed by atoms with Crippen molar-refractivity contribution in [1.82, 2.24) is 9.78 Å². The first-order chi connectivity index (χ1) is 15.6. The summed E-state index contributed by atoms with van der Waals surface area (Å²) < 4.78 is 78.7. The first-order valence-electron chi connectivity index (χ1n) is 9.84. The van der Waals surface area contributed by atoms with Gasteiger partial charge >= 0.3 is 12.4 Å². The van der Waals surface area contributed by atoms with Crippen LogP contribution in [-0.4, -0.2) is 9.78 Å². The lowest BCUT2D eigenvalue weighted by Gasteiger charge is -2.10. The van der Waals surface area contributed by atoms with Crippen molar-refractivity contribution in [2.24, 2.45) is 0 Å². The van der Waals surface area contributed by atoms with Crippen molar-refractivity contribution in [2.75, 3.05) is 5.32 Å². The molecule has 0 amide bonds. The van der Waals surface area contributed by atoms with Crippen LogP contribution in [0.2, 0.25) is 0 Å². The second-order valence-electron chi connectivity index (χ2n) is 7.29. The number of aromatic nitrogens is 2. The molecule has 9 heteroatoms. The number of anilines is 1. The van der Waals surface area contributed by atoms with E-state index < -0.39 is 23.5 Å². The third-order valence-corrected chi connectivity index (χ3v) is 4.99. The van der Waals surface area contributed by atoms with Crippen LogP contribution >= 0.6 is 0 Å². The summed E-state index contributed by atoms with van der Waals surface area (Å²) in [6, 6.07) is 18.4. The Morgan fingerprint density at radius 3 is 1.79 bits per heavy atom. The molecule has 3 nitrogen and oxygen atoms in total. The Hall–Kier alpha value is -3.75. The van der Waals surface area contributed by atoms with Gasteiger partial charge in [-0.3, -0.25) is 0 Å². The predicted octanol–water partition coefficient (Wildman–Crippen LogP) is 7.19. The lowest BCUT2D eigenvalue weighted by atomic mass is 10.1. The first kappa shape index (κ1) is 22.4. The summed E-state index contributed by atoms with van der Waals surface area (Å²) in [5.74, 6) is 0. The van der Waals surface area contributed by atoms with Gasteiger partial charge in [-0.1, -0.05) is 30.3 Å². The quantitative estimate of drug-likeness (QED) is 0.319. The molecule has 0 bridgehead atoms. The van der Waals surface area contributed by atoms with E-state index in [9.17, 15) is 26.3 Å². The monoisotopic (exact) mass is 461 g/mol. The van der Waals surface area contributed by atoms with Crippen LogP contribution in [0.5, 0.6) is 0 Å². The number of nitrogens with zero attached hydrogens (tertiary/aromatic N) is 2. The lowest BCUT2D eigenvalue weighted by Crippen LogP contribution is -2.05. The Morgan fingerprint density at radius 1 is 0.697 bits per heavy atom. The standard InChI is InChI=1S/C24H17F6N3/c25-23(26,27)18-8-6-16(7-9-18)22-17(15-33(32-22)21-4-2-1-3-5-21)14-31-20-12-10-19(11-13-20)24(28,29)30/h1-13,15,31H,14H2. The zero-order valence-electron chi connectivity index (χ0n) is 17.0. The molecule has 170 valence electrons. The van der Waals surface area contributed by atoms with E-state index in [4.69, 9.17) is 0 Å². The third kappa shape index (κ3) is 5.19. The van der Waals surface area contributed by atoms with E-state index in [0.29, 0.717) is 22.5 Å². The fraction of sp³-hybridized carbons (Fsp3) is 0.125. The van der Waals surface area contributed by atoms with Gasteiger partial charge in [-0.15, -0.1) is 0 Å². The average molecular weight is 461 g/mol. The molecular weight excluding hydrogens is 444 g/mol. The minimum Gasteiger partial charge on any atom is -0.381 e. The SMILES string of the molecule is FC(F)(F)c1ccc(NCc2cn(-c3ccccc3)nc2-c2ccc(C(F)(F)F)cc2)cc1. The molecule has 3 aromatic carbocycles. The maximum Gasteiger partial charge on any atom is 0.416 e. The summed E-state index contributed by atoms with van der Waals surface area (Å²) in [4.78, 5) is 0. The number of para-hydroxylation sites is 1. The Kier molecular flexibility index (Phi) is 5.88. The van der Waals surface area contributed by atoms with E-state index in [2.05, 4.69) is 10.4 Å². The summed E-state index contributed by atoms with van der Waals surface area (Å²) >= 11 is 0. The Morgan fingerprint density at radius 2 is 1.24 bits per heavy atom. The van der Waals surface area contributed by atoms with Gasteiger partial charge in [-0.25, -0.2) is 4.68 Å². The number of hydrogen-bond donors (Lipinski definition) is 1. The van der Waals surface area contributed by atoms with E-state index in [1.54, 1.807) is 10.9 Å². The van der Waals surface area contributed by atoms with Crippen LogP contribution in [0.25, 0.3) is 16.9 Å². The molecule has 1 aromatic heterocycles. The number of alkyl halides is 6. The number of benzene rings is 3. The summed E-state index contributed by atoms with van der Waals surface area (Å²) in [7, 11) is 0. The highest BCUT2D eigenvalue weighted by Gasteiger charge is 2.31. The van der Waals surface area contributed by atoms with E-state index in [0.717, 1.165) is 30.0 Å². The van der Waals surface area contributed by atoms with Crippen molar-refractivity contribution in [3.05, 3.63) is 102 Å². The van der Waals surface area contributed by atoms with Gasteiger partial charge in [0.05, 0.1) is 22.5 Å². The fourth-order valence-corrected chi connectivity index (χ4v) is 3.29. The second kappa shape index (κ2) is 8.65. The molecule has 0 aliphatic rings. The number of hydrogen-bond acceptors (Lipinski definition) is 2. The topological polar surface area (TPSA) is 29.9 Å². The van der Waals surface area contributed by atoms with Crippen LogP contribution in [0.1, 0.15) is 16.7 Å². The van der Waals surface area contributed by atoms with Crippen LogP contribution in [0, 0.1) is 0 Å². The molecule has 0 aliphatic heterocycles. The molecule has 1 heterocycles. The van der Waals surface area contributed by atoms with Gasteiger partial charge in [0.2, 0.25) is 0 Å². The van der Waals surface area contributed by atoms with Crippen LogP contribution in [0.4, 0.5) is 32.0 Å². The average Bonchev–Trinajstić information content (AvgIpc) is 3.22. The molecule has 33 heavy (non-hydrogen) atoms. The maximum atomic E-state index is 12.9. The van der Waals surface area contributed by atoms with E-state index in [-0.39, 0.29) is 6.54 Å². The summed E-state index contributed by atoms with van der Waals surface area (Å²) in [5, 5.41) is 7.60. The molecule has 0 unspecified atom stereocenters. The molecule has 0 saturated heterocycles. The van der Waals surface area contributed by atoms with Gasteiger partial charge < -0.3 is 5.32 Å². The van der Waals surface area contributed by atoms with Crippen LogP contribution < -0.4 is 5.32 Å². The normalized spacial score (nSPS) is 12.1. The van der Waals surface area contributed by atoms with Crippen molar-refractivity contribution >= 4 is 5.69 Å². The van der Waals surface area contributed by atoms with Crippen molar-refractivity contribution in [2.45, 2.75) is 18.9 Å². The zero-order valence-corrected chi connectivity index (χ0v) is 17.0. The summed E-state index contributed by atoms with van der Waals surface area (Å²) in [6.07, 6.45) is -7.14. The van der Waals surface area contributed by atoms with Gasteiger partial charge in [0.1, 0.15) is 0 Å². The first-order valence-corrected chi connectivity index (χ1v) is 9.84. The van der Waals surface area contributed by atoms with Crippen LogP contribution in [0.15, 0.2) is 85.1 Å².